The van der Waals surface area contributed by atoms with Crippen LogP contribution in [0.15, 0.2) is 48.5 Å². The summed E-state index contributed by atoms with van der Waals surface area (Å²) < 4.78 is 12.9. The van der Waals surface area contributed by atoms with E-state index >= 15 is 0 Å². The van der Waals surface area contributed by atoms with Gasteiger partial charge in [0.25, 0.3) is 0 Å². The third-order valence-electron chi connectivity index (χ3n) is 5.64. The van der Waals surface area contributed by atoms with Gasteiger partial charge in [0.15, 0.2) is 0 Å². The molecule has 0 atom stereocenters. The van der Waals surface area contributed by atoms with Crippen LogP contribution >= 0.6 is 0 Å². The fourth-order valence-electron chi connectivity index (χ4n) is 3.98. The molecule has 26 heavy (non-hydrogen) atoms. The fourth-order valence-corrected chi connectivity index (χ4v) is 5.93. The Bertz CT molecular complexity index is 729. The van der Waals surface area contributed by atoms with E-state index in [9.17, 15) is 4.39 Å². The van der Waals surface area contributed by atoms with Crippen LogP contribution in [0, 0.1) is 23.6 Å². The third-order valence-corrected chi connectivity index (χ3v) is 8.07. The van der Waals surface area contributed by atoms with E-state index in [0.717, 1.165) is 23.0 Å². The first-order chi connectivity index (χ1) is 12.7. The first-order valence-corrected chi connectivity index (χ1v) is 12.1. The normalized spacial score (nSPS) is 20.1. The van der Waals surface area contributed by atoms with Gasteiger partial charge in [-0.15, -0.1) is 0 Å². The smallest absolute Gasteiger partial charge is 0.123 e. The van der Waals surface area contributed by atoms with Crippen LogP contribution in [0.2, 0.25) is 12.1 Å². The van der Waals surface area contributed by atoms with E-state index in [-0.39, 0.29) is 15.3 Å². The summed E-state index contributed by atoms with van der Waals surface area (Å²) in [6, 6.07) is 18.2. The Morgan fingerprint density at radius 1 is 0.885 bits per heavy atom. The molecule has 2 heteroatoms. The maximum absolute atomic E-state index is 12.9. The van der Waals surface area contributed by atoms with Gasteiger partial charge >= 0.3 is 0 Å². The topological polar surface area (TPSA) is 0 Å². The van der Waals surface area contributed by atoms with Crippen molar-refractivity contribution in [1.82, 2.24) is 0 Å². The van der Waals surface area contributed by atoms with Crippen LogP contribution in [-0.2, 0) is 0 Å². The van der Waals surface area contributed by atoms with Gasteiger partial charge < -0.3 is 0 Å². The highest BCUT2D eigenvalue weighted by atomic mass is 28.2. The highest BCUT2D eigenvalue weighted by molar-refractivity contribution is 6.35. The van der Waals surface area contributed by atoms with Crippen LogP contribution in [0.3, 0.4) is 0 Å². The monoisotopic (exact) mass is 364 g/mol. The van der Waals surface area contributed by atoms with E-state index in [1.807, 2.05) is 0 Å². The molecular formula is C24H29FSi. The summed E-state index contributed by atoms with van der Waals surface area (Å²) >= 11 is 0. The van der Waals surface area contributed by atoms with Gasteiger partial charge in [-0.05, 0) is 66.6 Å². The summed E-state index contributed by atoms with van der Waals surface area (Å²) in [6.45, 7) is 2.32. The van der Waals surface area contributed by atoms with Gasteiger partial charge in [-0.2, -0.15) is 0 Å². The van der Waals surface area contributed by atoms with Gasteiger partial charge in [0.1, 0.15) is 5.82 Å². The first-order valence-electron chi connectivity index (χ1n) is 10.1. The predicted octanol–water partition coefficient (Wildman–Crippen LogP) is 5.91. The SMILES string of the molecule is CCC[SiH2]C[C@H]1CC[C@H](c2ccc(C#Cc3ccc(F)cc3)cc2)CC1. The standard InChI is InChI=1S/C24H29FSi/c1-2-17-26-18-21-7-13-23(14-8-21)22-11-5-19(6-12-22)3-4-20-9-15-24(25)16-10-20/h5-6,9-12,15-16,21,23H,2,7-8,13-14,17-18,26H2,1H3/t21-,23-. The van der Waals surface area contributed by atoms with Crippen molar-refractivity contribution in [2.45, 2.75) is 57.0 Å². The Hall–Kier alpha value is -1.85. The van der Waals surface area contributed by atoms with Crippen LogP contribution in [-0.4, -0.2) is 9.52 Å². The average Bonchev–Trinajstić information content (AvgIpc) is 2.69. The van der Waals surface area contributed by atoms with E-state index in [0.29, 0.717) is 0 Å². The number of rotatable bonds is 5. The molecular weight excluding hydrogens is 335 g/mol. The zero-order chi connectivity index (χ0) is 18.2. The van der Waals surface area contributed by atoms with Crippen LogP contribution < -0.4 is 0 Å². The van der Waals surface area contributed by atoms with Crippen LogP contribution in [0.25, 0.3) is 0 Å². The van der Waals surface area contributed by atoms with Gasteiger partial charge in [-0.25, -0.2) is 4.39 Å². The van der Waals surface area contributed by atoms with Gasteiger partial charge in [-0.3, -0.25) is 0 Å². The summed E-state index contributed by atoms with van der Waals surface area (Å²) in [4.78, 5) is 0. The number of hydrogen-bond acceptors (Lipinski definition) is 0. The van der Waals surface area contributed by atoms with Crippen molar-refractivity contribution in [1.29, 1.82) is 0 Å². The lowest BCUT2D eigenvalue weighted by Crippen LogP contribution is -2.14. The molecule has 0 radical (unpaired) electrons. The molecule has 0 aromatic heterocycles. The maximum atomic E-state index is 12.9. The molecule has 0 amide bonds. The number of hydrogen-bond donors (Lipinski definition) is 0. The molecule has 136 valence electrons. The maximum Gasteiger partial charge on any atom is 0.123 e. The summed E-state index contributed by atoms with van der Waals surface area (Å²) in [5.41, 5.74) is 3.35. The highest BCUT2D eigenvalue weighted by Crippen LogP contribution is 2.37. The van der Waals surface area contributed by atoms with Crippen LogP contribution in [0.4, 0.5) is 4.39 Å². The van der Waals surface area contributed by atoms with E-state index in [1.165, 1.54) is 55.8 Å². The van der Waals surface area contributed by atoms with Crippen molar-refractivity contribution in [2.75, 3.05) is 0 Å². The molecule has 1 aliphatic rings. The number of benzene rings is 2. The molecule has 0 aliphatic heterocycles. The van der Waals surface area contributed by atoms with Gasteiger partial charge in [0.2, 0.25) is 0 Å². The minimum atomic E-state index is -0.220. The molecule has 2 aromatic rings. The quantitative estimate of drug-likeness (QED) is 0.351. The van der Waals surface area contributed by atoms with E-state index in [2.05, 4.69) is 43.0 Å². The summed E-state index contributed by atoms with van der Waals surface area (Å²) in [5, 5.41) is 0. The van der Waals surface area contributed by atoms with Crippen molar-refractivity contribution < 1.29 is 4.39 Å². The first kappa shape index (κ1) is 18.9. The van der Waals surface area contributed by atoms with Gasteiger partial charge in [0, 0.05) is 20.6 Å². The molecule has 0 spiro atoms. The second kappa shape index (κ2) is 9.74. The Morgan fingerprint density at radius 3 is 2.04 bits per heavy atom. The van der Waals surface area contributed by atoms with Crippen molar-refractivity contribution in [3.05, 3.63) is 71.0 Å². The Morgan fingerprint density at radius 2 is 1.46 bits per heavy atom. The van der Waals surface area contributed by atoms with E-state index < -0.39 is 0 Å². The van der Waals surface area contributed by atoms with Gasteiger partial charge in [-0.1, -0.05) is 62.2 Å². The lowest BCUT2D eigenvalue weighted by molar-refractivity contribution is 0.347. The van der Waals surface area contributed by atoms with Crippen LogP contribution in [0.1, 0.15) is 61.6 Å². The second-order valence-electron chi connectivity index (χ2n) is 7.59. The molecule has 2 aromatic carbocycles. The minimum absolute atomic E-state index is 0.215. The molecule has 3 rings (SSSR count). The van der Waals surface area contributed by atoms with E-state index in [1.54, 1.807) is 18.2 Å². The zero-order valence-corrected chi connectivity index (χ0v) is 17.2. The molecule has 0 unspecified atom stereocenters. The molecule has 0 saturated heterocycles. The molecule has 1 aliphatic carbocycles. The molecule has 0 nitrogen and oxygen atoms in total. The van der Waals surface area contributed by atoms with Crippen molar-refractivity contribution >= 4 is 9.52 Å². The lowest BCUT2D eigenvalue weighted by atomic mass is 9.79. The molecule has 0 heterocycles. The minimum Gasteiger partial charge on any atom is -0.207 e. The summed E-state index contributed by atoms with van der Waals surface area (Å²) in [7, 11) is 0.215. The lowest BCUT2D eigenvalue weighted by Gasteiger charge is -2.28. The van der Waals surface area contributed by atoms with Crippen molar-refractivity contribution in [2.24, 2.45) is 5.92 Å². The Kier molecular flexibility index (Phi) is 7.09. The molecule has 1 saturated carbocycles. The van der Waals surface area contributed by atoms with Crippen LogP contribution in [0.5, 0.6) is 0 Å². The Labute approximate surface area is 160 Å². The second-order valence-corrected chi connectivity index (χ2v) is 9.58. The number of halogens is 1. The fraction of sp³-hybridized carbons (Fsp3) is 0.417. The van der Waals surface area contributed by atoms with Crippen molar-refractivity contribution in [3.63, 3.8) is 0 Å². The summed E-state index contributed by atoms with van der Waals surface area (Å²) in [5.74, 6) is 7.82. The third kappa shape index (κ3) is 5.58. The van der Waals surface area contributed by atoms with Crippen molar-refractivity contribution in [3.8, 4) is 11.8 Å². The predicted molar refractivity (Wildman–Crippen MR) is 112 cm³/mol. The summed E-state index contributed by atoms with van der Waals surface area (Å²) in [6.07, 6.45) is 6.94. The van der Waals surface area contributed by atoms with E-state index in [4.69, 9.17) is 0 Å². The highest BCUT2D eigenvalue weighted by Gasteiger charge is 2.21. The zero-order valence-electron chi connectivity index (χ0n) is 15.8. The molecule has 0 bridgehead atoms. The molecule has 1 fully saturated rings. The average molecular weight is 365 g/mol. The largest absolute Gasteiger partial charge is 0.207 e. The van der Waals surface area contributed by atoms with Gasteiger partial charge in [0.05, 0.1) is 0 Å². The Balaban J connectivity index is 1.53. The molecule has 0 N–H and O–H groups in total.